The van der Waals surface area contributed by atoms with E-state index >= 15 is 0 Å². The number of pyridine rings is 1. The Morgan fingerprint density at radius 2 is 1.76 bits per heavy atom. The second-order valence-electron chi connectivity index (χ2n) is 5.21. The highest BCUT2D eigenvalue weighted by molar-refractivity contribution is 7.16. The van der Waals surface area contributed by atoms with Crippen LogP contribution in [0.25, 0.3) is 11.3 Å². The van der Waals surface area contributed by atoms with Crippen LogP contribution in [0.15, 0.2) is 36.5 Å². The van der Waals surface area contributed by atoms with E-state index in [1.807, 2.05) is 31.2 Å². The molecule has 1 N–H and O–H groups in total. The Morgan fingerprint density at radius 1 is 0.960 bits per heavy atom. The van der Waals surface area contributed by atoms with Gasteiger partial charge in [-0.3, -0.25) is 0 Å². The van der Waals surface area contributed by atoms with Gasteiger partial charge in [0.2, 0.25) is 5.88 Å². The van der Waals surface area contributed by atoms with Crippen LogP contribution in [-0.4, -0.2) is 31.3 Å². The van der Waals surface area contributed by atoms with Crippen molar-refractivity contribution >= 4 is 22.2 Å². The van der Waals surface area contributed by atoms with Crippen molar-refractivity contribution < 1.29 is 14.2 Å². The molecule has 2 heterocycles. The van der Waals surface area contributed by atoms with Gasteiger partial charge in [0.1, 0.15) is 0 Å². The molecule has 2 aromatic heterocycles. The van der Waals surface area contributed by atoms with Gasteiger partial charge in [-0.1, -0.05) is 0 Å². The molecule has 3 rings (SSSR count). The van der Waals surface area contributed by atoms with E-state index in [0.717, 1.165) is 27.0 Å². The highest BCUT2D eigenvalue weighted by Gasteiger charge is 2.13. The molecule has 0 amide bonds. The van der Waals surface area contributed by atoms with Crippen molar-refractivity contribution in [2.24, 2.45) is 0 Å². The standard InChI is InChI=1S/C18H19N3O3S/c1-11-17(12-5-7-14(22-2)15(9-12)23-3)21-18(25-11)20-13-6-8-16(24-4)19-10-13/h5-10H,1-4H3,(H,20,21). The number of aromatic nitrogens is 2. The first kappa shape index (κ1) is 17.0. The molecule has 0 saturated heterocycles. The summed E-state index contributed by atoms with van der Waals surface area (Å²) in [6.07, 6.45) is 1.71. The van der Waals surface area contributed by atoms with Gasteiger partial charge in [-0.15, -0.1) is 11.3 Å². The van der Waals surface area contributed by atoms with Crippen LogP contribution in [0.2, 0.25) is 0 Å². The van der Waals surface area contributed by atoms with E-state index < -0.39 is 0 Å². The Balaban J connectivity index is 1.86. The second-order valence-corrected chi connectivity index (χ2v) is 6.41. The lowest BCUT2D eigenvalue weighted by molar-refractivity contribution is 0.355. The molecule has 0 atom stereocenters. The molecule has 0 fully saturated rings. The van der Waals surface area contributed by atoms with Gasteiger partial charge in [-0.05, 0) is 31.2 Å². The van der Waals surface area contributed by atoms with E-state index in [0.29, 0.717) is 17.4 Å². The minimum absolute atomic E-state index is 0.576. The van der Waals surface area contributed by atoms with Crippen LogP contribution in [0.5, 0.6) is 17.4 Å². The number of thiazole rings is 1. The Morgan fingerprint density at radius 3 is 2.40 bits per heavy atom. The van der Waals surface area contributed by atoms with Crippen LogP contribution < -0.4 is 19.5 Å². The fraction of sp³-hybridized carbons (Fsp3) is 0.222. The largest absolute Gasteiger partial charge is 0.493 e. The van der Waals surface area contributed by atoms with Gasteiger partial charge in [-0.25, -0.2) is 9.97 Å². The van der Waals surface area contributed by atoms with Gasteiger partial charge in [0.25, 0.3) is 0 Å². The van der Waals surface area contributed by atoms with Crippen molar-refractivity contribution in [3.05, 3.63) is 41.4 Å². The van der Waals surface area contributed by atoms with Crippen LogP contribution in [-0.2, 0) is 0 Å². The smallest absolute Gasteiger partial charge is 0.213 e. The minimum Gasteiger partial charge on any atom is -0.493 e. The fourth-order valence-electron chi connectivity index (χ4n) is 2.40. The topological polar surface area (TPSA) is 65.5 Å². The molecule has 0 aliphatic heterocycles. The summed E-state index contributed by atoms with van der Waals surface area (Å²) in [4.78, 5) is 9.99. The summed E-state index contributed by atoms with van der Waals surface area (Å²) in [7, 11) is 4.84. The molecule has 0 radical (unpaired) electrons. The van der Waals surface area contributed by atoms with Crippen LogP contribution in [0.4, 0.5) is 10.8 Å². The first-order chi connectivity index (χ1) is 12.1. The predicted molar refractivity (Wildman–Crippen MR) is 99.5 cm³/mol. The molecule has 0 bridgehead atoms. The lowest BCUT2D eigenvalue weighted by Gasteiger charge is -2.08. The third-order valence-electron chi connectivity index (χ3n) is 3.65. The summed E-state index contributed by atoms with van der Waals surface area (Å²) < 4.78 is 15.7. The lowest BCUT2D eigenvalue weighted by atomic mass is 10.1. The molecule has 6 nitrogen and oxygen atoms in total. The number of hydrogen-bond donors (Lipinski definition) is 1. The fourth-order valence-corrected chi connectivity index (χ4v) is 3.26. The lowest BCUT2D eigenvalue weighted by Crippen LogP contribution is -1.93. The van der Waals surface area contributed by atoms with Crippen molar-refractivity contribution in [3.8, 4) is 28.6 Å². The molecule has 0 aliphatic carbocycles. The van der Waals surface area contributed by atoms with Crippen LogP contribution in [0, 0.1) is 6.92 Å². The van der Waals surface area contributed by atoms with Gasteiger partial charge in [0.15, 0.2) is 16.6 Å². The number of anilines is 2. The molecule has 7 heteroatoms. The summed E-state index contributed by atoms with van der Waals surface area (Å²) in [6.45, 7) is 2.04. The number of benzene rings is 1. The van der Waals surface area contributed by atoms with Gasteiger partial charge in [0.05, 0.1) is 38.9 Å². The molecule has 3 aromatic rings. The number of rotatable bonds is 6. The average Bonchev–Trinajstić information content (AvgIpc) is 3.01. The minimum atomic E-state index is 0.576. The Labute approximate surface area is 150 Å². The first-order valence-corrected chi connectivity index (χ1v) is 8.43. The molecule has 0 aliphatic rings. The van der Waals surface area contributed by atoms with E-state index in [4.69, 9.17) is 19.2 Å². The maximum atomic E-state index is 5.38. The zero-order valence-corrected chi connectivity index (χ0v) is 15.3. The molecular weight excluding hydrogens is 338 g/mol. The third-order valence-corrected chi connectivity index (χ3v) is 4.54. The van der Waals surface area contributed by atoms with E-state index in [-0.39, 0.29) is 0 Å². The highest BCUT2D eigenvalue weighted by Crippen LogP contribution is 2.36. The maximum absolute atomic E-state index is 5.38. The SMILES string of the molecule is COc1ccc(Nc2nc(-c3ccc(OC)c(OC)c3)c(C)s2)cn1. The molecular formula is C18H19N3O3S. The van der Waals surface area contributed by atoms with Gasteiger partial charge < -0.3 is 19.5 Å². The van der Waals surface area contributed by atoms with Gasteiger partial charge in [-0.2, -0.15) is 0 Å². The zero-order valence-electron chi connectivity index (χ0n) is 14.5. The van der Waals surface area contributed by atoms with E-state index in [9.17, 15) is 0 Å². The second kappa shape index (κ2) is 7.40. The van der Waals surface area contributed by atoms with Crippen molar-refractivity contribution in [3.63, 3.8) is 0 Å². The molecule has 1 aromatic carbocycles. The first-order valence-electron chi connectivity index (χ1n) is 7.61. The summed E-state index contributed by atoms with van der Waals surface area (Å²) in [6, 6.07) is 9.49. The van der Waals surface area contributed by atoms with Crippen molar-refractivity contribution in [2.75, 3.05) is 26.6 Å². The number of methoxy groups -OCH3 is 3. The third kappa shape index (κ3) is 3.66. The summed E-state index contributed by atoms with van der Waals surface area (Å²) in [5.74, 6) is 1.95. The van der Waals surface area contributed by atoms with Crippen LogP contribution in [0.3, 0.4) is 0 Å². The predicted octanol–water partition coefficient (Wildman–Crippen LogP) is 4.28. The molecule has 0 unspecified atom stereocenters. The number of nitrogens with zero attached hydrogens (tertiary/aromatic N) is 2. The van der Waals surface area contributed by atoms with E-state index in [2.05, 4.69) is 10.3 Å². The number of hydrogen-bond acceptors (Lipinski definition) is 7. The number of aryl methyl sites for hydroxylation is 1. The normalized spacial score (nSPS) is 10.4. The van der Waals surface area contributed by atoms with Gasteiger partial charge in [0, 0.05) is 16.5 Å². The highest BCUT2D eigenvalue weighted by atomic mass is 32.1. The summed E-state index contributed by atoms with van der Waals surface area (Å²) >= 11 is 1.58. The Hall–Kier alpha value is -2.80. The summed E-state index contributed by atoms with van der Waals surface area (Å²) in [5, 5.41) is 4.07. The van der Waals surface area contributed by atoms with Crippen molar-refractivity contribution in [2.45, 2.75) is 6.92 Å². The van der Waals surface area contributed by atoms with E-state index in [1.165, 1.54) is 0 Å². The van der Waals surface area contributed by atoms with Crippen molar-refractivity contribution in [1.29, 1.82) is 0 Å². The molecule has 130 valence electrons. The van der Waals surface area contributed by atoms with Crippen LogP contribution in [0.1, 0.15) is 4.88 Å². The Bertz CT molecular complexity index is 863. The maximum Gasteiger partial charge on any atom is 0.213 e. The molecule has 0 saturated carbocycles. The number of nitrogens with one attached hydrogen (secondary N) is 1. The molecule has 0 spiro atoms. The van der Waals surface area contributed by atoms with Crippen molar-refractivity contribution in [1.82, 2.24) is 9.97 Å². The number of ether oxygens (including phenoxy) is 3. The molecule has 25 heavy (non-hydrogen) atoms. The monoisotopic (exact) mass is 357 g/mol. The quantitative estimate of drug-likeness (QED) is 0.710. The van der Waals surface area contributed by atoms with E-state index in [1.54, 1.807) is 44.9 Å². The van der Waals surface area contributed by atoms with Crippen LogP contribution >= 0.6 is 11.3 Å². The zero-order chi connectivity index (χ0) is 17.8. The van der Waals surface area contributed by atoms with Gasteiger partial charge >= 0.3 is 0 Å². The Kier molecular flexibility index (Phi) is 5.04. The average molecular weight is 357 g/mol. The summed E-state index contributed by atoms with van der Waals surface area (Å²) in [5.41, 5.74) is 2.75.